The Labute approximate surface area is 120 Å². The maximum absolute atomic E-state index is 11.2. The van der Waals surface area contributed by atoms with E-state index < -0.39 is 5.97 Å². The second-order valence-corrected chi connectivity index (χ2v) is 5.35. The van der Waals surface area contributed by atoms with E-state index >= 15 is 0 Å². The number of carbonyl (C=O) groups is 1. The maximum atomic E-state index is 11.2. The van der Waals surface area contributed by atoms with E-state index in [0.717, 1.165) is 27.2 Å². The van der Waals surface area contributed by atoms with E-state index in [2.05, 4.69) is 0 Å². The molecule has 0 saturated carbocycles. The van der Waals surface area contributed by atoms with Gasteiger partial charge in [-0.2, -0.15) is 0 Å². The highest BCUT2D eigenvalue weighted by Crippen LogP contribution is 2.32. The first kappa shape index (κ1) is 12.8. The van der Waals surface area contributed by atoms with Crippen LogP contribution < -0.4 is 0 Å². The molecule has 4 heteroatoms. The second-order valence-electron chi connectivity index (χ2n) is 4.33. The number of aromatic carboxylic acids is 1. The highest BCUT2D eigenvalue weighted by molar-refractivity contribution is 7.98. The van der Waals surface area contributed by atoms with Crippen LogP contribution in [-0.2, 0) is 5.75 Å². The lowest BCUT2D eigenvalue weighted by Crippen LogP contribution is -1.97. The summed E-state index contributed by atoms with van der Waals surface area (Å²) in [6.45, 7) is 0. The van der Waals surface area contributed by atoms with Crippen molar-refractivity contribution in [3.8, 4) is 0 Å². The number of hydrogen-bond donors (Lipinski definition) is 1. The highest BCUT2D eigenvalue weighted by atomic mass is 32.2. The van der Waals surface area contributed by atoms with Crippen LogP contribution in [0, 0.1) is 0 Å². The normalized spacial score (nSPS) is 10.8. The van der Waals surface area contributed by atoms with E-state index in [1.54, 1.807) is 24.1 Å². The van der Waals surface area contributed by atoms with E-state index in [1.165, 1.54) is 0 Å². The number of carboxylic acids is 1. The average molecular weight is 284 g/mol. The van der Waals surface area contributed by atoms with Crippen LogP contribution in [0.1, 0.15) is 16.1 Å². The third-order valence-corrected chi connectivity index (χ3v) is 4.16. The summed E-state index contributed by atoms with van der Waals surface area (Å²) < 4.78 is 5.31. The topological polar surface area (TPSA) is 50.4 Å². The van der Waals surface area contributed by atoms with E-state index in [1.807, 2.05) is 42.5 Å². The number of hydrogen-bond acceptors (Lipinski definition) is 3. The Kier molecular flexibility index (Phi) is 3.48. The molecule has 0 spiro atoms. The van der Waals surface area contributed by atoms with Crippen molar-refractivity contribution < 1.29 is 14.3 Å². The molecule has 0 atom stereocenters. The number of carboxylic acid groups (broad SMARTS) is 1. The smallest absolute Gasteiger partial charge is 0.336 e. The summed E-state index contributed by atoms with van der Waals surface area (Å²) in [4.78, 5) is 12.3. The standard InChI is InChI=1S/C16H12O3S/c17-16(18)14-7-8-15(13-6-2-1-5-12(13)14)20-10-11-4-3-9-19-11/h1-9H,10H2,(H,17,18). The minimum absolute atomic E-state index is 0.336. The van der Waals surface area contributed by atoms with Gasteiger partial charge in [-0.1, -0.05) is 24.3 Å². The van der Waals surface area contributed by atoms with Crippen molar-refractivity contribution in [1.29, 1.82) is 0 Å². The summed E-state index contributed by atoms with van der Waals surface area (Å²) in [5.41, 5.74) is 0.336. The fraction of sp³-hybridized carbons (Fsp3) is 0.0625. The zero-order valence-corrected chi connectivity index (χ0v) is 11.4. The summed E-state index contributed by atoms with van der Waals surface area (Å²) >= 11 is 1.64. The molecular formula is C16H12O3S. The van der Waals surface area contributed by atoms with Crippen molar-refractivity contribution in [2.45, 2.75) is 10.6 Å². The Hall–Kier alpha value is -2.20. The fourth-order valence-corrected chi connectivity index (χ4v) is 3.09. The van der Waals surface area contributed by atoms with Crippen molar-refractivity contribution in [1.82, 2.24) is 0 Å². The fourth-order valence-electron chi connectivity index (χ4n) is 2.13. The molecule has 0 aliphatic carbocycles. The first-order valence-electron chi connectivity index (χ1n) is 6.16. The van der Waals surface area contributed by atoms with Crippen LogP contribution in [0.15, 0.2) is 64.1 Å². The molecule has 0 fully saturated rings. The van der Waals surface area contributed by atoms with Crippen molar-refractivity contribution in [2.75, 3.05) is 0 Å². The molecule has 0 aliphatic rings. The van der Waals surface area contributed by atoms with Gasteiger partial charge in [-0.3, -0.25) is 0 Å². The van der Waals surface area contributed by atoms with E-state index in [0.29, 0.717) is 5.56 Å². The van der Waals surface area contributed by atoms with Crippen molar-refractivity contribution in [3.05, 3.63) is 66.1 Å². The SMILES string of the molecule is O=C(O)c1ccc(SCc2ccco2)c2ccccc12. The predicted octanol–water partition coefficient (Wildman–Crippen LogP) is 4.42. The van der Waals surface area contributed by atoms with Gasteiger partial charge in [0, 0.05) is 4.90 Å². The lowest BCUT2D eigenvalue weighted by atomic mass is 10.0. The Morgan fingerprint density at radius 3 is 2.55 bits per heavy atom. The molecule has 0 amide bonds. The van der Waals surface area contributed by atoms with Gasteiger partial charge in [-0.05, 0) is 35.0 Å². The number of rotatable bonds is 4. The largest absolute Gasteiger partial charge is 0.478 e. The monoisotopic (exact) mass is 284 g/mol. The van der Waals surface area contributed by atoms with Crippen LogP contribution >= 0.6 is 11.8 Å². The molecule has 0 radical (unpaired) electrons. The van der Waals surface area contributed by atoms with Gasteiger partial charge in [0.15, 0.2) is 0 Å². The quantitative estimate of drug-likeness (QED) is 0.720. The van der Waals surface area contributed by atoms with Gasteiger partial charge in [0.25, 0.3) is 0 Å². The van der Waals surface area contributed by atoms with Gasteiger partial charge in [-0.25, -0.2) is 4.79 Å². The molecule has 3 rings (SSSR count). The van der Waals surface area contributed by atoms with Crippen LogP contribution in [-0.4, -0.2) is 11.1 Å². The van der Waals surface area contributed by atoms with Crippen molar-refractivity contribution in [3.63, 3.8) is 0 Å². The molecule has 1 heterocycles. The summed E-state index contributed by atoms with van der Waals surface area (Å²) in [6.07, 6.45) is 1.65. The first-order chi connectivity index (χ1) is 9.75. The van der Waals surface area contributed by atoms with Crippen molar-refractivity contribution in [2.24, 2.45) is 0 Å². The molecule has 0 unspecified atom stereocenters. The molecule has 3 nitrogen and oxygen atoms in total. The minimum atomic E-state index is -0.899. The van der Waals surface area contributed by atoms with Gasteiger partial charge < -0.3 is 9.52 Å². The number of benzene rings is 2. The molecule has 2 aromatic carbocycles. The predicted molar refractivity (Wildman–Crippen MR) is 79.2 cm³/mol. The van der Waals surface area contributed by atoms with E-state index in [-0.39, 0.29) is 0 Å². The van der Waals surface area contributed by atoms with Crippen molar-refractivity contribution >= 4 is 28.5 Å². The number of thioether (sulfide) groups is 1. The van der Waals surface area contributed by atoms with Gasteiger partial charge in [0.1, 0.15) is 5.76 Å². The van der Waals surface area contributed by atoms with Crippen LogP contribution in [0.5, 0.6) is 0 Å². The Morgan fingerprint density at radius 2 is 1.85 bits per heavy atom. The number of furan rings is 1. The molecule has 1 aromatic heterocycles. The van der Waals surface area contributed by atoms with Crippen LogP contribution in [0.2, 0.25) is 0 Å². The molecule has 3 aromatic rings. The van der Waals surface area contributed by atoms with Gasteiger partial charge >= 0.3 is 5.97 Å². The molecule has 1 N–H and O–H groups in total. The Bertz CT molecular complexity index is 748. The third-order valence-electron chi connectivity index (χ3n) is 3.06. The number of fused-ring (bicyclic) bond motifs is 1. The summed E-state index contributed by atoms with van der Waals surface area (Å²) in [5.74, 6) is 0.730. The lowest BCUT2D eigenvalue weighted by molar-refractivity contribution is 0.0699. The zero-order valence-electron chi connectivity index (χ0n) is 10.6. The molecular weight excluding hydrogens is 272 g/mol. The summed E-state index contributed by atoms with van der Waals surface area (Å²) in [5, 5.41) is 11.0. The molecule has 0 aliphatic heterocycles. The molecule has 0 bridgehead atoms. The highest BCUT2D eigenvalue weighted by Gasteiger charge is 2.11. The van der Waals surface area contributed by atoms with E-state index in [4.69, 9.17) is 4.42 Å². The Balaban J connectivity index is 1.99. The van der Waals surface area contributed by atoms with Crippen LogP contribution in [0.3, 0.4) is 0 Å². The third kappa shape index (κ3) is 2.42. The summed E-state index contributed by atoms with van der Waals surface area (Å²) in [7, 11) is 0. The van der Waals surface area contributed by atoms with Crippen LogP contribution in [0.25, 0.3) is 10.8 Å². The van der Waals surface area contributed by atoms with Gasteiger partial charge in [0.05, 0.1) is 17.6 Å². The van der Waals surface area contributed by atoms with Gasteiger partial charge in [0.2, 0.25) is 0 Å². The average Bonchev–Trinajstić information content (AvgIpc) is 2.97. The van der Waals surface area contributed by atoms with Gasteiger partial charge in [-0.15, -0.1) is 11.8 Å². The van der Waals surface area contributed by atoms with E-state index in [9.17, 15) is 9.90 Å². The Morgan fingerprint density at radius 1 is 1.05 bits per heavy atom. The maximum Gasteiger partial charge on any atom is 0.336 e. The summed E-state index contributed by atoms with van der Waals surface area (Å²) in [6, 6.07) is 14.9. The first-order valence-corrected chi connectivity index (χ1v) is 7.14. The molecule has 20 heavy (non-hydrogen) atoms. The molecule has 100 valence electrons. The van der Waals surface area contributed by atoms with Crippen LogP contribution in [0.4, 0.5) is 0 Å². The molecule has 0 saturated heterocycles. The lowest BCUT2D eigenvalue weighted by Gasteiger charge is -2.08. The zero-order chi connectivity index (χ0) is 13.9. The minimum Gasteiger partial charge on any atom is -0.478 e. The second kappa shape index (κ2) is 5.43.